The van der Waals surface area contributed by atoms with E-state index in [9.17, 15) is 0 Å². The Morgan fingerprint density at radius 2 is 0.844 bits per heavy atom. The van der Waals surface area contributed by atoms with Gasteiger partial charge in [0.15, 0.2) is 0 Å². The molecule has 2 aromatic rings. The van der Waals surface area contributed by atoms with E-state index >= 15 is 0 Å². The summed E-state index contributed by atoms with van der Waals surface area (Å²) in [6, 6.07) is 13.3. The molecule has 0 saturated heterocycles. The molecule has 0 aliphatic heterocycles. The maximum Gasteiger partial charge on any atom is 2.00 e. The van der Waals surface area contributed by atoms with Crippen LogP contribution >= 0.6 is 0 Å². The van der Waals surface area contributed by atoms with E-state index in [4.69, 9.17) is 0 Å². The first-order chi connectivity index (χ1) is 14.2. The van der Waals surface area contributed by atoms with Crippen molar-refractivity contribution >= 4 is 11.4 Å². The molecule has 0 amide bonds. The zero-order valence-corrected chi connectivity index (χ0v) is 24.3. The fourth-order valence-electron chi connectivity index (χ4n) is 3.92. The Morgan fingerprint density at radius 3 is 1.12 bits per heavy atom. The predicted molar refractivity (Wildman–Crippen MR) is 129 cm³/mol. The van der Waals surface area contributed by atoms with Gasteiger partial charge in [0, 0.05) is 24.5 Å². The van der Waals surface area contributed by atoms with Crippen LogP contribution in [0, 0.1) is 0 Å². The van der Waals surface area contributed by atoms with Crippen molar-refractivity contribution in [2.45, 2.75) is 66.2 Å². The van der Waals surface area contributed by atoms with Crippen molar-refractivity contribution in [1.29, 1.82) is 0 Å². The summed E-state index contributed by atoms with van der Waals surface area (Å²) >= 11 is 0. The van der Waals surface area contributed by atoms with Gasteiger partial charge in [-0.3, -0.25) is 0 Å². The van der Waals surface area contributed by atoms with Gasteiger partial charge in [0.25, 0.3) is 0 Å². The van der Waals surface area contributed by atoms with Crippen LogP contribution in [-0.2, 0) is 42.5 Å². The summed E-state index contributed by atoms with van der Waals surface area (Å²) in [5.41, 5.74) is 8.46. The van der Waals surface area contributed by atoms with Crippen molar-refractivity contribution in [3.63, 3.8) is 0 Å². The van der Waals surface area contributed by atoms with E-state index in [0.717, 1.165) is 64.7 Å². The topological polar surface area (TPSA) is 36.1 Å². The molecule has 2 aromatic carbocycles. The Kier molecular flexibility index (Phi) is 20.9. The van der Waals surface area contributed by atoms with Gasteiger partial charge in [-0.2, -0.15) is 0 Å². The minimum Gasteiger partial charge on any atom is -1.00 e. The third-order valence-electron chi connectivity index (χ3n) is 5.66. The number of benzene rings is 2. The van der Waals surface area contributed by atoms with Crippen molar-refractivity contribution in [2.75, 3.05) is 36.8 Å². The summed E-state index contributed by atoms with van der Waals surface area (Å²) in [7, 11) is 0. The van der Waals surface area contributed by atoms with Crippen LogP contribution in [0.15, 0.2) is 36.4 Å². The van der Waals surface area contributed by atoms with Crippen LogP contribution in [0.3, 0.4) is 0 Å². The molecule has 0 saturated carbocycles. The SMILES string of the molecule is CCc1cccc(CC)c1NCCCNCCCNc1c(CC)cccc1CC.[Br-].[Br-].[Co+2]. The minimum atomic E-state index is 0. The Labute approximate surface area is 228 Å². The first-order valence-corrected chi connectivity index (χ1v) is 11.6. The number of halogens is 2. The van der Waals surface area contributed by atoms with Crippen LogP contribution in [-0.4, -0.2) is 26.2 Å². The van der Waals surface area contributed by atoms with Crippen molar-refractivity contribution in [3.8, 4) is 0 Å². The molecule has 0 bridgehead atoms. The second-order valence-corrected chi connectivity index (χ2v) is 7.63. The number of rotatable bonds is 14. The normalized spacial score (nSPS) is 9.88. The molecule has 6 heteroatoms. The van der Waals surface area contributed by atoms with Crippen LogP contribution < -0.4 is 49.9 Å². The number of nitrogens with one attached hydrogen (secondary N) is 3. The molecule has 0 unspecified atom stereocenters. The Bertz CT molecular complexity index is 635. The van der Waals surface area contributed by atoms with Crippen molar-refractivity contribution in [2.24, 2.45) is 0 Å². The van der Waals surface area contributed by atoms with Gasteiger partial charge in [-0.1, -0.05) is 64.1 Å². The predicted octanol–water partition coefficient (Wildman–Crippen LogP) is -0.164. The Balaban J connectivity index is 0. The number of anilines is 2. The standard InChI is InChI=1S/C26H41N3.2BrH.Co/c1-5-21-13-9-14-22(6-2)25(21)28-19-11-17-27-18-12-20-29-26-23(7-3)15-10-16-24(26)8-4;;;/h9-10,13-16,27-29H,5-8,11-12,17-20H2,1-4H3;2*1H;/q;;;+2/p-2. The number of hydrogen-bond donors (Lipinski definition) is 3. The van der Waals surface area contributed by atoms with Gasteiger partial charge in [0.2, 0.25) is 0 Å². The molecule has 3 N–H and O–H groups in total. The van der Waals surface area contributed by atoms with Gasteiger partial charge < -0.3 is 49.9 Å². The van der Waals surface area contributed by atoms with Crippen LogP contribution in [0.2, 0.25) is 0 Å². The smallest absolute Gasteiger partial charge is 1.00 e. The van der Waals surface area contributed by atoms with Crippen LogP contribution in [0.25, 0.3) is 0 Å². The number of para-hydroxylation sites is 2. The monoisotopic (exact) mass is 612 g/mol. The minimum absolute atomic E-state index is 0. The van der Waals surface area contributed by atoms with Crippen molar-refractivity contribution < 1.29 is 50.7 Å². The second-order valence-electron chi connectivity index (χ2n) is 7.63. The molecular formula is C26H41Br2CoN3. The maximum atomic E-state index is 3.68. The summed E-state index contributed by atoms with van der Waals surface area (Å²) in [5.74, 6) is 0. The van der Waals surface area contributed by atoms with E-state index in [-0.39, 0.29) is 50.7 Å². The molecule has 0 aliphatic rings. The van der Waals surface area contributed by atoms with Crippen LogP contribution in [0.1, 0.15) is 62.8 Å². The molecule has 0 heterocycles. The first-order valence-electron chi connectivity index (χ1n) is 11.6. The van der Waals surface area contributed by atoms with Gasteiger partial charge in [0.1, 0.15) is 0 Å². The summed E-state index contributed by atoms with van der Waals surface area (Å²) in [4.78, 5) is 0. The zero-order chi connectivity index (χ0) is 20.9. The molecule has 2 rings (SSSR count). The fraction of sp³-hybridized carbons (Fsp3) is 0.538. The van der Waals surface area contributed by atoms with Gasteiger partial charge in [-0.25, -0.2) is 0 Å². The van der Waals surface area contributed by atoms with Gasteiger partial charge in [0.05, 0.1) is 0 Å². The van der Waals surface area contributed by atoms with E-state index in [1.165, 1.54) is 33.6 Å². The molecule has 32 heavy (non-hydrogen) atoms. The molecular weight excluding hydrogens is 573 g/mol. The molecule has 183 valence electrons. The molecule has 0 atom stereocenters. The summed E-state index contributed by atoms with van der Waals surface area (Å²) in [6.07, 6.45) is 6.63. The molecule has 0 aromatic heterocycles. The number of aryl methyl sites for hydroxylation is 4. The molecule has 0 aliphatic carbocycles. The van der Waals surface area contributed by atoms with E-state index in [1.807, 2.05) is 0 Å². The number of hydrogen-bond acceptors (Lipinski definition) is 3. The van der Waals surface area contributed by atoms with Gasteiger partial charge in [-0.15, -0.1) is 0 Å². The van der Waals surface area contributed by atoms with E-state index < -0.39 is 0 Å². The third-order valence-corrected chi connectivity index (χ3v) is 5.66. The second kappa shape index (κ2) is 19.9. The molecule has 0 fully saturated rings. The summed E-state index contributed by atoms with van der Waals surface area (Å²) in [5, 5.41) is 11.0. The Morgan fingerprint density at radius 1 is 0.531 bits per heavy atom. The average molecular weight is 614 g/mol. The largest absolute Gasteiger partial charge is 2.00 e. The molecule has 3 nitrogen and oxygen atoms in total. The van der Waals surface area contributed by atoms with E-state index in [2.05, 4.69) is 80.0 Å². The van der Waals surface area contributed by atoms with Crippen molar-refractivity contribution in [3.05, 3.63) is 58.7 Å². The average Bonchev–Trinajstić information content (AvgIpc) is 2.77. The van der Waals surface area contributed by atoms with Crippen LogP contribution in [0.4, 0.5) is 11.4 Å². The van der Waals surface area contributed by atoms with Crippen LogP contribution in [0.5, 0.6) is 0 Å². The summed E-state index contributed by atoms with van der Waals surface area (Å²) < 4.78 is 0. The van der Waals surface area contributed by atoms with E-state index in [0.29, 0.717) is 0 Å². The first kappa shape index (κ1) is 33.6. The quantitative estimate of drug-likeness (QED) is 0.259. The van der Waals surface area contributed by atoms with E-state index in [1.54, 1.807) is 0 Å². The molecule has 0 spiro atoms. The van der Waals surface area contributed by atoms with Crippen molar-refractivity contribution in [1.82, 2.24) is 5.32 Å². The van der Waals surface area contributed by atoms with Gasteiger partial charge >= 0.3 is 16.8 Å². The zero-order valence-electron chi connectivity index (χ0n) is 20.1. The van der Waals surface area contributed by atoms with Gasteiger partial charge in [-0.05, 0) is 73.9 Å². The maximum absolute atomic E-state index is 3.68. The summed E-state index contributed by atoms with van der Waals surface area (Å²) in [6.45, 7) is 13.1. The fourth-order valence-corrected chi connectivity index (χ4v) is 3.92. The third kappa shape index (κ3) is 10.6. The Hall–Kier alpha value is -0.534. The molecule has 1 radical (unpaired) electrons.